The second-order valence-corrected chi connectivity index (χ2v) is 9.50. The zero-order valence-corrected chi connectivity index (χ0v) is 21.1. The minimum atomic E-state index is -0.321. The van der Waals surface area contributed by atoms with E-state index in [1.54, 1.807) is 12.1 Å². The second kappa shape index (κ2) is 12.8. The number of rotatable bonds is 11. The van der Waals surface area contributed by atoms with Gasteiger partial charge in [-0.25, -0.2) is 9.37 Å². The summed E-state index contributed by atoms with van der Waals surface area (Å²) in [6.45, 7) is 11.1. The molecule has 1 saturated heterocycles. The summed E-state index contributed by atoms with van der Waals surface area (Å²) in [6, 6.07) is 14.8. The molecule has 8 heteroatoms. The van der Waals surface area contributed by atoms with Crippen LogP contribution in [0.4, 0.5) is 4.39 Å². The van der Waals surface area contributed by atoms with Crippen molar-refractivity contribution in [2.24, 2.45) is 0 Å². The van der Waals surface area contributed by atoms with Gasteiger partial charge in [0.1, 0.15) is 12.1 Å². The van der Waals surface area contributed by atoms with Crippen LogP contribution in [0.2, 0.25) is 0 Å². The quantitative estimate of drug-likeness (QED) is 0.431. The molecule has 192 valence electrons. The maximum Gasteiger partial charge on any atom is 0.273 e. The van der Waals surface area contributed by atoms with Crippen molar-refractivity contribution in [3.05, 3.63) is 88.9 Å². The summed E-state index contributed by atoms with van der Waals surface area (Å²) in [5.74, 6) is 0.373. The summed E-state index contributed by atoms with van der Waals surface area (Å²) in [7, 11) is 0. The number of nitrogens with one attached hydrogen (secondary N) is 1. The molecule has 0 unspecified atom stereocenters. The highest BCUT2D eigenvalue weighted by Crippen LogP contribution is 2.17. The molecule has 1 amide bonds. The number of nitrogens with zero attached hydrogens (tertiary/aromatic N) is 3. The van der Waals surface area contributed by atoms with Gasteiger partial charge in [-0.1, -0.05) is 50.2 Å². The lowest BCUT2D eigenvalue weighted by atomic mass is 10.0. The van der Waals surface area contributed by atoms with E-state index in [0.29, 0.717) is 24.9 Å². The highest BCUT2D eigenvalue weighted by Gasteiger charge is 2.17. The van der Waals surface area contributed by atoms with Crippen LogP contribution in [-0.2, 0) is 24.4 Å². The number of ether oxygens (including phenoxy) is 1. The number of halogens is 1. The molecule has 3 aromatic rings. The van der Waals surface area contributed by atoms with Gasteiger partial charge in [-0.15, -0.1) is 0 Å². The van der Waals surface area contributed by atoms with E-state index in [9.17, 15) is 9.18 Å². The van der Waals surface area contributed by atoms with Crippen molar-refractivity contribution in [1.82, 2.24) is 20.1 Å². The van der Waals surface area contributed by atoms with Crippen molar-refractivity contribution >= 4 is 5.91 Å². The Hall–Kier alpha value is -3.07. The molecule has 1 fully saturated rings. The molecule has 7 nitrogen and oxygen atoms in total. The van der Waals surface area contributed by atoms with E-state index in [4.69, 9.17) is 9.15 Å². The Kier molecular flexibility index (Phi) is 9.22. The minimum absolute atomic E-state index is 0.238. The lowest BCUT2D eigenvalue weighted by Gasteiger charge is -2.29. The van der Waals surface area contributed by atoms with Crippen molar-refractivity contribution in [2.75, 3.05) is 39.4 Å². The predicted molar refractivity (Wildman–Crippen MR) is 136 cm³/mol. The molecular weight excluding hydrogens is 459 g/mol. The average Bonchev–Trinajstić information content (AvgIpc) is 3.36. The molecule has 1 N–H and O–H groups in total. The van der Waals surface area contributed by atoms with E-state index in [1.807, 2.05) is 0 Å². The van der Waals surface area contributed by atoms with E-state index < -0.39 is 0 Å². The Morgan fingerprint density at radius 3 is 2.44 bits per heavy atom. The SMILES string of the molecule is CC(C)c1ccc(CN(CCN2CCOCC2)Cc2nc(C(=O)NCc3ccc(F)cc3)co2)cc1. The van der Waals surface area contributed by atoms with Crippen molar-refractivity contribution in [1.29, 1.82) is 0 Å². The number of carbonyl (C=O) groups excluding carboxylic acids is 1. The van der Waals surface area contributed by atoms with E-state index in [1.165, 1.54) is 29.5 Å². The van der Waals surface area contributed by atoms with Gasteiger partial charge in [-0.3, -0.25) is 14.6 Å². The molecule has 2 aromatic carbocycles. The third kappa shape index (κ3) is 7.71. The van der Waals surface area contributed by atoms with Gasteiger partial charge < -0.3 is 14.5 Å². The molecule has 1 aromatic heterocycles. The summed E-state index contributed by atoms with van der Waals surface area (Å²) < 4.78 is 24.2. The summed E-state index contributed by atoms with van der Waals surface area (Å²) in [6.07, 6.45) is 1.40. The molecule has 36 heavy (non-hydrogen) atoms. The zero-order valence-electron chi connectivity index (χ0n) is 21.1. The van der Waals surface area contributed by atoms with Crippen LogP contribution in [0.3, 0.4) is 0 Å². The Labute approximate surface area is 212 Å². The van der Waals surface area contributed by atoms with E-state index in [0.717, 1.165) is 51.5 Å². The normalized spacial score (nSPS) is 14.5. The van der Waals surface area contributed by atoms with Crippen LogP contribution >= 0.6 is 0 Å². The van der Waals surface area contributed by atoms with Gasteiger partial charge in [0.15, 0.2) is 5.69 Å². The molecule has 1 aliphatic rings. The highest BCUT2D eigenvalue weighted by atomic mass is 19.1. The lowest BCUT2D eigenvalue weighted by molar-refractivity contribution is 0.0320. The van der Waals surface area contributed by atoms with Gasteiger partial charge in [-0.05, 0) is 34.7 Å². The summed E-state index contributed by atoms with van der Waals surface area (Å²) in [5, 5.41) is 2.81. The van der Waals surface area contributed by atoms with Crippen molar-refractivity contribution in [2.45, 2.75) is 39.4 Å². The van der Waals surface area contributed by atoms with Crippen LogP contribution in [0.15, 0.2) is 59.2 Å². The van der Waals surface area contributed by atoms with Crippen LogP contribution in [0.1, 0.15) is 52.8 Å². The number of morpholine rings is 1. The van der Waals surface area contributed by atoms with Gasteiger partial charge in [0.25, 0.3) is 5.91 Å². The number of benzene rings is 2. The average molecular weight is 495 g/mol. The number of hydrogen-bond donors (Lipinski definition) is 1. The topological polar surface area (TPSA) is 70.8 Å². The van der Waals surface area contributed by atoms with Gasteiger partial charge in [-0.2, -0.15) is 0 Å². The van der Waals surface area contributed by atoms with Gasteiger partial charge in [0.05, 0.1) is 19.8 Å². The summed E-state index contributed by atoms with van der Waals surface area (Å²) in [4.78, 5) is 21.7. The molecular formula is C28H35FN4O3. The standard InChI is InChI=1S/C28H35FN4O3/c1-21(2)24-7-3-23(4-8-24)18-33(12-11-32-13-15-35-16-14-32)19-27-31-26(20-36-27)28(34)30-17-22-5-9-25(29)10-6-22/h3-10,20-21H,11-19H2,1-2H3,(H,30,34). The van der Waals surface area contributed by atoms with E-state index in [2.05, 4.69) is 58.2 Å². The fourth-order valence-corrected chi connectivity index (χ4v) is 4.14. The highest BCUT2D eigenvalue weighted by molar-refractivity contribution is 5.91. The minimum Gasteiger partial charge on any atom is -0.447 e. The van der Waals surface area contributed by atoms with Gasteiger partial charge >= 0.3 is 0 Å². The number of aromatic nitrogens is 1. The molecule has 0 aliphatic carbocycles. The molecule has 4 rings (SSSR count). The molecule has 2 heterocycles. The summed E-state index contributed by atoms with van der Waals surface area (Å²) >= 11 is 0. The fraction of sp³-hybridized carbons (Fsp3) is 0.429. The van der Waals surface area contributed by atoms with Crippen molar-refractivity contribution in [3.8, 4) is 0 Å². The molecule has 0 bridgehead atoms. The Balaban J connectivity index is 1.37. The van der Waals surface area contributed by atoms with Crippen LogP contribution in [0.25, 0.3) is 0 Å². The fourth-order valence-electron chi connectivity index (χ4n) is 4.14. The largest absolute Gasteiger partial charge is 0.447 e. The Morgan fingerprint density at radius 1 is 1.06 bits per heavy atom. The third-order valence-electron chi connectivity index (χ3n) is 6.40. The molecule has 0 saturated carbocycles. The predicted octanol–water partition coefficient (Wildman–Crippen LogP) is 4.20. The monoisotopic (exact) mass is 494 g/mol. The Bertz CT molecular complexity index is 1090. The first-order chi connectivity index (χ1) is 17.5. The second-order valence-electron chi connectivity index (χ2n) is 9.50. The molecule has 1 aliphatic heterocycles. The third-order valence-corrected chi connectivity index (χ3v) is 6.40. The first-order valence-electron chi connectivity index (χ1n) is 12.5. The molecule has 0 spiro atoms. The van der Waals surface area contributed by atoms with E-state index >= 15 is 0 Å². The molecule has 0 radical (unpaired) electrons. The zero-order chi connectivity index (χ0) is 25.3. The summed E-state index contributed by atoms with van der Waals surface area (Å²) in [5.41, 5.74) is 3.60. The van der Waals surface area contributed by atoms with E-state index in [-0.39, 0.29) is 17.4 Å². The number of carbonyl (C=O) groups is 1. The number of oxazole rings is 1. The van der Waals surface area contributed by atoms with Crippen molar-refractivity contribution in [3.63, 3.8) is 0 Å². The van der Waals surface area contributed by atoms with Gasteiger partial charge in [0.2, 0.25) is 5.89 Å². The lowest BCUT2D eigenvalue weighted by Crippen LogP contribution is -2.41. The molecule has 0 atom stereocenters. The van der Waals surface area contributed by atoms with Crippen LogP contribution in [0.5, 0.6) is 0 Å². The number of hydrogen-bond acceptors (Lipinski definition) is 6. The first-order valence-corrected chi connectivity index (χ1v) is 12.5. The number of amides is 1. The van der Waals surface area contributed by atoms with Crippen LogP contribution < -0.4 is 5.32 Å². The maximum absolute atomic E-state index is 13.1. The van der Waals surface area contributed by atoms with Crippen LogP contribution in [0, 0.1) is 5.82 Å². The van der Waals surface area contributed by atoms with Crippen molar-refractivity contribution < 1.29 is 18.3 Å². The van der Waals surface area contributed by atoms with Crippen LogP contribution in [-0.4, -0.2) is 60.1 Å². The smallest absolute Gasteiger partial charge is 0.273 e. The maximum atomic E-state index is 13.1. The Morgan fingerprint density at radius 2 is 1.75 bits per heavy atom. The first kappa shape index (κ1) is 26.0. The van der Waals surface area contributed by atoms with Gasteiger partial charge in [0, 0.05) is 39.3 Å².